The summed E-state index contributed by atoms with van der Waals surface area (Å²) in [7, 11) is 0. The van der Waals surface area contributed by atoms with E-state index in [0.29, 0.717) is 36.7 Å². The van der Waals surface area contributed by atoms with Gasteiger partial charge in [0.1, 0.15) is 5.57 Å². The number of nitrogens with zero attached hydrogens (tertiary/aromatic N) is 1. The van der Waals surface area contributed by atoms with Gasteiger partial charge in [-0.25, -0.2) is 4.79 Å². The number of carbonyl (C=O) groups is 3. The van der Waals surface area contributed by atoms with Gasteiger partial charge in [0.05, 0.1) is 24.5 Å². The van der Waals surface area contributed by atoms with E-state index in [1.54, 1.807) is 18.2 Å². The largest absolute Gasteiger partial charge is 0.490 e. The van der Waals surface area contributed by atoms with Gasteiger partial charge in [-0.3, -0.25) is 19.8 Å². The van der Waals surface area contributed by atoms with E-state index in [-0.39, 0.29) is 21.9 Å². The van der Waals surface area contributed by atoms with Crippen molar-refractivity contribution in [3.05, 3.63) is 71.3 Å². The lowest BCUT2D eigenvalue weighted by Crippen LogP contribution is -2.54. The zero-order chi connectivity index (χ0) is 24.8. The normalized spacial score (nSPS) is 14.7. The van der Waals surface area contributed by atoms with Crippen LogP contribution < -0.4 is 19.7 Å². The number of rotatable bonds is 9. The maximum atomic E-state index is 13.3. The third-order valence-electron chi connectivity index (χ3n) is 4.87. The number of nitrogens with one attached hydrogen (secondary N) is 1. The summed E-state index contributed by atoms with van der Waals surface area (Å²) in [5, 5.41) is 11.6. The van der Waals surface area contributed by atoms with E-state index >= 15 is 0 Å². The zero-order valence-electron chi connectivity index (χ0n) is 18.8. The van der Waals surface area contributed by atoms with Gasteiger partial charge in [-0.2, -0.15) is 0 Å². The van der Waals surface area contributed by atoms with Gasteiger partial charge in [0.2, 0.25) is 0 Å². The summed E-state index contributed by atoms with van der Waals surface area (Å²) < 4.78 is 11.5. The highest BCUT2D eigenvalue weighted by Gasteiger charge is 2.34. The van der Waals surface area contributed by atoms with E-state index in [1.165, 1.54) is 30.3 Å². The van der Waals surface area contributed by atoms with Gasteiger partial charge in [-0.1, -0.05) is 12.1 Å². The van der Waals surface area contributed by atoms with E-state index in [2.05, 4.69) is 11.9 Å². The number of carboxylic acids is 1. The Morgan fingerprint density at radius 3 is 2.56 bits per heavy atom. The summed E-state index contributed by atoms with van der Waals surface area (Å²) in [6, 6.07) is 9.24. The fourth-order valence-corrected chi connectivity index (χ4v) is 3.76. The summed E-state index contributed by atoms with van der Waals surface area (Å²) in [5.41, 5.74) is 1.40. The second-order valence-corrected chi connectivity index (χ2v) is 7.57. The van der Waals surface area contributed by atoms with Crippen molar-refractivity contribution in [2.45, 2.75) is 20.3 Å². The Morgan fingerprint density at radius 1 is 1.18 bits per heavy atom. The number of carboxylic acid groups (broad SMARTS) is 1. The number of anilines is 1. The van der Waals surface area contributed by atoms with Gasteiger partial charge in [-0.15, -0.1) is 6.58 Å². The standard InChI is InChI=1S/C25H24N2O6S/c1-4-8-16-11-15(13-20(32-5-2)21(16)33-6-3)12-19-22(28)26-25(34)27(23(19)29)18-10-7-9-17(14-18)24(30)31/h4,7,9-14H,1,5-6,8H2,2-3H3,(H,30,31)(H,26,28,34). The highest BCUT2D eigenvalue weighted by Crippen LogP contribution is 2.35. The smallest absolute Gasteiger partial charge is 0.335 e. The van der Waals surface area contributed by atoms with Crippen molar-refractivity contribution in [2.75, 3.05) is 18.1 Å². The van der Waals surface area contributed by atoms with Crippen LogP contribution >= 0.6 is 12.2 Å². The van der Waals surface area contributed by atoms with Gasteiger partial charge < -0.3 is 14.6 Å². The number of amides is 2. The van der Waals surface area contributed by atoms with E-state index < -0.39 is 17.8 Å². The van der Waals surface area contributed by atoms with E-state index in [0.717, 1.165) is 10.5 Å². The predicted molar refractivity (Wildman–Crippen MR) is 132 cm³/mol. The number of aromatic carboxylic acids is 1. The summed E-state index contributed by atoms with van der Waals surface area (Å²) in [6.45, 7) is 8.33. The van der Waals surface area contributed by atoms with Crippen LogP contribution in [0.4, 0.5) is 5.69 Å². The molecule has 0 unspecified atom stereocenters. The first-order chi connectivity index (χ1) is 16.3. The number of thiocarbonyl (C=S) groups is 1. The molecule has 1 fully saturated rings. The summed E-state index contributed by atoms with van der Waals surface area (Å²) >= 11 is 5.20. The summed E-state index contributed by atoms with van der Waals surface area (Å²) in [6.07, 6.45) is 3.65. The first-order valence-corrected chi connectivity index (χ1v) is 11.0. The highest BCUT2D eigenvalue weighted by molar-refractivity contribution is 7.80. The van der Waals surface area contributed by atoms with Crippen LogP contribution in [0.3, 0.4) is 0 Å². The molecule has 0 atom stereocenters. The number of benzene rings is 2. The third kappa shape index (κ3) is 5.15. The first kappa shape index (κ1) is 24.7. The molecule has 0 aliphatic carbocycles. The molecule has 2 aromatic rings. The van der Waals surface area contributed by atoms with Gasteiger partial charge in [-0.05, 0) is 74.5 Å². The monoisotopic (exact) mass is 480 g/mol. The van der Waals surface area contributed by atoms with Crippen LogP contribution in [0.15, 0.2) is 54.6 Å². The maximum absolute atomic E-state index is 13.3. The highest BCUT2D eigenvalue weighted by atomic mass is 32.1. The Balaban J connectivity index is 2.09. The van der Waals surface area contributed by atoms with Crippen LogP contribution in [0, 0.1) is 0 Å². The topological polar surface area (TPSA) is 105 Å². The minimum Gasteiger partial charge on any atom is -0.490 e. The molecule has 34 heavy (non-hydrogen) atoms. The molecule has 9 heteroatoms. The minimum absolute atomic E-state index is 0.0162. The molecule has 2 N–H and O–H groups in total. The van der Waals surface area contributed by atoms with Crippen molar-refractivity contribution < 1.29 is 29.0 Å². The van der Waals surface area contributed by atoms with E-state index in [9.17, 15) is 19.5 Å². The molecule has 1 saturated heterocycles. The maximum Gasteiger partial charge on any atom is 0.335 e. The number of allylic oxidation sites excluding steroid dienone is 1. The molecular formula is C25H24N2O6S. The first-order valence-electron chi connectivity index (χ1n) is 10.6. The Hall–Kier alpha value is -3.98. The Labute approximate surface area is 202 Å². The lowest BCUT2D eigenvalue weighted by atomic mass is 10.0. The van der Waals surface area contributed by atoms with Gasteiger partial charge in [0, 0.05) is 5.56 Å². The number of hydrogen-bond donors (Lipinski definition) is 2. The number of ether oxygens (including phenoxy) is 2. The molecule has 1 aliphatic heterocycles. The molecule has 2 amide bonds. The van der Waals surface area contributed by atoms with Gasteiger partial charge in [0.25, 0.3) is 11.8 Å². The van der Waals surface area contributed by atoms with Gasteiger partial charge in [0.15, 0.2) is 16.6 Å². The second-order valence-electron chi connectivity index (χ2n) is 7.18. The van der Waals surface area contributed by atoms with Crippen LogP contribution in [0.5, 0.6) is 11.5 Å². The number of carbonyl (C=O) groups excluding carboxylic acids is 2. The summed E-state index contributed by atoms with van der Waals surface area (Å²) in [5.74, 6) is -1.41. The van der Waals surface area contributed by atoms with Crippen molar-refractivity contribution in [3.8, 4) is 11.5 Å². The van der Waals surface area contributed by atoms with Crippen LogP contribution in [-0.4, -0.2) is 41.2 Å². The fraction of sp³-hybridized carbons (Fsp3) is 0.200. The van der Waals surface area contributed by atoms with Crippen molar-refractivity contribution >= 4 is 46.9 Å². The predicted octanol–water partition coefficient (Wildman–Crippen LogP) is 3.74. The molecular weight excluding hydrogens is 456 g/mol. The fourth-order valence-electron chi connectivity index (χ4n) is 3.48. The average Bonchev–Trinajstić information content (AvgIpc) is 2.79. The van der Waals surface area contributed by atoms with Crippen molar-refractivity contribution in [3.63, 3.8) is 0 Å². The molecule has 1 heterocycles. The zero-order valence-corrected chi connectivity index (χ0v) is 19.6. The molecule has 0 radical (unpaired) electrons. The van der Waals surface area contributed by atoms with E-state index in [1.807, 2.05) is 13.8 Å². The van der Waals surface area contributed by atoms with Crippen molar-refractivity contribution in [1.82, 2.24) is 5.32 Å². The van der Waals surface area contributed by atoms with Gasteiger partial charge >= 0.3 is 5.97 Å². The van der Waals surface area contributed by atoms with Crippen LogP contribution in [0.1, 0.15) is 35.3 Å². The SMILES string of the molecule is C=CCc1cc(C=C2C(=O)NC(=S)N(c3cccc(C(=O)O)c3)C2=O)cc(OCC)c1OCC. The quantitative estimate of drug-likeness (QED) is 0.244. The average molecular weight is 481 g/mol. The molecule has 0 bridgehead atoms. The minimum atomic E-state index is -1.15. The van der Waals surface area contributed by atoms with Crippen molar-refractivity contribution in [2.24, 2.45) is 0 Å². The number of hydrogen-bond acceptors (Lipinski definition) is 6. The van der Waals surface area contributed by atoms with E-state index in [4.69, 9.17) is 21.7 Å². The molecule has 0 saturated carbocycles. The Morgan fingerprint density at radius 2 is 1.91 bits per heavy atom. The Bertz CT molecular complexity index is 1200. The molecule has 176 valence electrons. The molecule has 2 aromatic carbocycles. The second kappa shape index (κ2) is 10.8. The third-order valence-corrected chi connectivity index (χ3v) is 5.16. The summed E-state index contributed by atoms with van der Waals surface area (Å²) in [4.78, 5) is 38.4. The molecule has 0 spiro atoms. The molecule has 3 rings (SSSR count). The Kier molecular flexibility index (Phi) is 7.80. The van der Waals surface area contributed by atoms with Crippen LogP contribution in [0.2, 0.25) is 0 Å². The molecule has 8 nitrogen and oxygen atoms in total. The molecule has 0 aromatic heterocycles. The van der Waals surface area contributed by atoms with Crippen LogP contribution in [-0.2, 0) is 16.0 Å². The van der Waals surface area contributed by atoms with Crippen LogP contribution in [0.25, 0.3) is 6.08 Å². The lowest BCUT2D eigenvalue weighted by Gasteiger charge is -2.29. The lowest BCUT2D eigenvalue weighted by molar-refractivity contribution is -0.122. The van der Waals surface area contributed by atoms with Crippen molar-refractivity contribution in [1.29, 1.82) is 0 Å². The molecule has 1 aliphatic rings.